The fourth-order valence-corrected chi connectivity index (χ4v) is 2.48. The molecule has 0 atom stereocenters. The summed E-state index contributed by atoms with van der Waals surface area (Å²) in [6, 6.07) is 6.79. The molecule has 1 fully saturated rings. The molecule has 0 unspecified atom stereocenters. The number of anilines is 2. The van der Waals surface area contributed by atoms with Crippen molar-refractivity contribution in [2.24, 2.45) is 0 Å². The van der Waals surface area contributed by atoms with Crippen molar-refractivity contribution in [3.63, 3.8) is 0 Å². The molecule has 15 heavy (non-hydrogen) atoms. The summed E-state index contributed by atoms with van der Waals surface area (Å²) in [5, 5.41) is 2.12. The van der Waals surface area contributed by atoms with Gasteiger partial charge in [-0.2, -0.15) is 0 Å². The number of hydrogen-bond acceptors (Lipinski definition) is 3. The third kappa shape index (κ3) is 1.57. The molecule has 0 radical (unpaired) electrons. The lowest BCUT2D eigenvalue weighted by Crippen LogP contribution is -2.18. The molecule has 1 aromatic carbocycles. The fraction of sp³-hybridized carbons (Fsp3) is 0.500. The Kier molecular flexibility index (Phi) is 2.06. The summed E-state index contributed by atoms with van der Waals surface area (Å²) in [4.78, 5) is 2.47. The van der Waals surface area contributed by atoms with Gasteiger partial charge in [-0.05, 0) is 30.5 Å². The molecular formula is C12H17N3. The van der Waals surface area contributed by atoms with Crippen LogP contribution in [0, 0.1) is 0 Å². The standard InChI is InChI=1S/C12H17N3/c1-14-9-10-4-5-11(8-12(10)13-14)15-6-2-3-7-15/h4-5,8,13H,2-3,6-7,9H2,1H3. The van der Waals surface area contributed by atoms with E-state index < -0.39 is 0 Å². The van der Waals surface area contributed by atoms with E-state index in [2.05, 4.69) is 40.6 Å². The van der Waals surface area contributed by atoms with E-state index in [1.807, 2.05) is 0 Å². The van der Waals surface area contributed by atoms with Gasteiger partial charge in [0.2, 0.25) is 0 Å². The zero-order valence-corrected chi connectivity index (χ0v) is 9.16. The molecular weight excluding hydrogens is 186 g/mol. The smallest absolute Gasteiger partial charge is 0.0556 e. The van der Waals surface area contributed by atoms with Crippen LogP contribution in [-0.4, -0.2) is 25.1 Å². The first-order chi connectivity index (χ1) is 7.33. The summed E-state index contributed by atoms with van der Waals surface area (Å²) >= 11 is 0. The zero-order chi connectivity index (χ0) is 10.3. The van der Waals surface area contributed by atoms with Gasteiger partial charge in [0.05, 0.1) is 5.69 Å². The third-order valence-electron chi connectivity index (χ3n) is 3.28. The van der Waals surface area contributed by atoms with Crippen LogP contribution in [0.3, 0.4) is 0 Å². The molecule has 0 saturated carbocycles. The molecule has 80 valence electrons. The Bertz CT molecular complexity index is 369. The number of benzene rings is 1. The summed E-state index contributed by atoms with van der Waals surface area (Å²) in [5.74, 6) is 0. The number of fused-ring (bicyclic) bond motifs is 1. The SMILES string of the molecule is CN1Cc2ccc(N3CCCC3)cc2N1. The highest BCUT2D eigenvalue weighted by Crippen LogP contribution is 2.30. The van der Waals surface area contributed by atoms with Crippen molar-refractivity contribution in [2.75, 3.05) is 30.5 Å². The lowest BCUT2D eigenvalue weighted by Gasteiger charge is -2.18. The largest absolute Gasteiger partial charge is 0.371 e. The maximum absolute atomic E-state index is 3.37. The molecule has 3 nitrogen and oxygen atoms in total. The van der Waals surface area contributed by atoms with E-state index in [-0.39, 0.29) is 0 Å². The third-order valence-corrected chi connectivity index (χ3v) is 3.28. The molecule has 1 N–H and O–H groups in total. The van der Waals surface area contributed by atoms with Crippen LogP contribution in [0.5, 0.6) is 0 Å². The Labute approximate surface area is 90.6 Å². The van der Waals surface area contributed by atoms with Crippen LogP contribution in [0.1, 0.15) is 18.4 Å². The van der Waals surface area contributed by atoms with Gasteiger partial charge in [-0.3, -0.25) is 0 Å². The highest BCUT2D eigenvalue weighted by molar-refractivity contribution is 5.64. The van der Waals surface area contributed by atoms with Gasteiger partial charge in [0.15, 0.2) is 0 Å². The van der Waals surface area contributed by atoms with Gasteiger partial charge in [0.25, 0.3) is 0 Å². The second kappa shape index (κ2) is 3.42. The number of nitrogens with one attached hydrogen (secondary N) is 1. The van der Waals surface area contributed by atoms with Gasteiger partial charge in [0, 0.05) is 32.4 Å². The Hall–Kier alpha value is -1.22. The van der Waals surface area contributed by atoms with Crippen molar-refractivity contribution < 1.29 is 0 Å². The second-order valence-corrected chi connectivity index (χ2v) is 4.50. The van der Waals surface area contributed by atoms with E-state index >= 15 is 0 Å². The van der Waals surface area contributed by atoms with E-state index in [0.717, 1.165) is 6.54 Å². The van der Waals surface area contributed by atoms with Crippen LogP contribution in [0.4, 0.5) is 11.4 Å². The Morgan fingerprint density at radius 3 is 2.80 bits per heavy atom. The van der Waals surface area contributed by atoms with Crippen LogP contribution < -0.4 is 10.3 Å². The van der Waals surface area contributed by atoms with Crippen molar-refractivity contribution in [2.45, 2.75) is 19.4 Å². The van der Waals surface area contributed by atoms with Gasteiger partial charge in [-0.15, -0.1) is 0 Å². The van der Waals surface area contributed by atoms with Crippen LogP contribution in [-0.2, 0) is 6.54 Å². The fourth-order valence-electron chi connectivity index (χ4n) is 2.48. The lowest BCUT2D eigenvalue weighted by molar-refractivity contribution is 0.422. The molecule has 0 aliphatic carbocycles. The Balaban J connectivity index is 1.89. The zero-order valence-electron chi connectivity index (χ0n) is 9.16. The first kappa shape index (κ1) is 9.04. The number of nitrogens with zero attached hydrogens (tertiary/aromatic N) is 2. The molecule has 2 heterocycles. The minimum Gasteiger partial charge on any atom is -0.371 e. The second-order valence-electron chi connectivity index (χ2n) is 4.50. The van der Waals surface area contributed by atoms with Crippen LogP contribution >= 0.6 is 0 Å². The first-order valence-corrected chi connectivity index (χ1v) is 5.68. The normalized spacial score (nSPS) is 20.5. The van der Waals surface area contributed by atoms with Crippen molar-refractivity contribution in [1.82, 2.24) is 5.01 Å². The van der Waals surface area contributed by atoms with Crippen LogP contribution in [0.15, 0.2) is 18.2 Å². The highest BCUT2D eigenvalue weighted by atomic mass is 15.5. The van der Waals surface area contributed by atoms with E-state index in [0.29, 0.717) is 0 Å². The van der Waals surface area contributed by atoms with E-state index in [1.165, 1.54) is 42.9 Å². The molecule has 1 saturated heterocycles. The average Bonchev–Trinajstić information content (AvgIpc) is 2.82. The van der Waals surface area contributed by atoms with E-state index in [9.17, 15) is 0 Å². The van der Waals surface area contributed by atoms with Crippen LogP contribution in [0.2, 0.25) is 0 Å². The minimum atomic E-state index is 1.01. The average molecular weight is 203 g/mol. The molecule has 3 heteroatoms. The summed E-state index contributed by atoms with van der Waals surface area (Å²) in [5.41, 5.74) is 7.42. The number of hydrogen-bond donors (Lipinski definition) is 1. The molecule has 2 aliphatic heterocycles. The maximum atomic E-state index is 3.37. The van der Waals surface area contributed by atoms with Gasteiger partial charge in [-0.1, -0.05) is 6.07 Å². The molecule has 0 amide bonds. The van der Waals surface area contributed by atoms with Crippen molar-refractivity contribution in [3.05, 3.63) is 23.8 Å². The predicted octanol–water partition coefficient (Wildman–Crippen LogP) is 2.06. The molecule has 2 aliphatic rings. The highest BCUT2D eigenvalue weighted by Gasteiger charge is 2.18. The maximum Gasteiger partial charge on any atom is 0.0556 e. The van der Waals surface area contributed by atoms with Crippen LogP contribution in [0.25, 0.3) is 0 Å². The Morgan fingerprint density at radius 2 is 2.00 bits per heavy atom. The molecule has 3 rings (SSSR count). The van der Waals surface area contributed by atoms with Crippen molar-refractivity contribution >= 4 is 11.4 Å². The summed E-state index contributed by atoms with van der Waals surface area (Å²) < 4.78 is 0. The topological polar surface area (TPSA) is 18.5 Å². The molecule has 1 aromatic rings. The molecule has 0 bridgehead atoms. The van der Waals surface area contributed by atoms with Gasteiger partial charge in [-0.25, -0.2) is 5.01 Å². The van der Waals surface area contributed by atoms with Crippen molar-refractivity contribution in [3.8, 4) is 0 Å². The number of rotatable bonds is 1. The minimum absolute atomic E-state index is 1.01. The summed E-state index contributed by atoms with van der Waals surface area (Å²) in [6.07, 6.45) is 2.68. The Morgan fingerprint density at radius 1 is 1.20 bits per heavy atom. The van der Waals surface area contributed by atoms with E-state index in [1.54, 1.807) is 0 Å². The predicted molar refractivity (Wildman–Crippen MR) is 63.0 cm³/mol. The summed E-state index contributed by atoms with van der Waals surface area (Å²) in [6.45, 7) is 3.44. The quantitative estimate of drug-likeness (QED) is 0.753. The molecule has 0 spiro atoms. The molecule has 0 aromatic heterocycles. The summed E-state index contributed by atoms with van der Waals surface area (Å²) in [7, 11) is 2.08. The first-order valence-electron chi connectivity index (χ1n) is 5.68. The van der Waals surface area contributed by atoms with Gasteiger partial charge >= 0.3 is 0 Å². The number of hydrazine groups is 1. The lowest BCUT2D eigenvalue weighted by atomic mass is 10.1. The van der Waals surface area contributed by atoms with Crippen molar-refractivity contribution in [1.29, 1.82) is 0 Å². The monoisotopic (exact) mass is 203 g/mol. The van der Waals surface area contributed by atoms with Gasteiger partial charge in [0.1, 0.15) is 0 Å². The van der Waals surface area contributed by atoms with E-state index in [4.69, 9.17) is 0 Å². The van der Waals surface area contributed by atoms with Gasteiger partial charge < -0.3 is 10.3 Å².